The maximum absolute atomic E-state index is 14.2. The highest BCUT2D eigenvalue weighted by Crippen LogP contribution is 2.40. The van der Waals surface area contributed by atoms with E-state index >= 15 is 0 Å². The van der Waals surface area contributed by atoms with Crippen LogP contribution in [0.3, 0.4) is 0 Å². The normalized spacial score (nSPS) is 14.4. The van der Waals surface area contributed by atoms with Crippen LogP contribution in [0.2, 0.25) is 10.0 Å². The Morgan fingerprint density at radius 1 is 1.14 bits per heavy atom. The highest BCUT2D eigenvalue weighted by Gasteiger charge is 2.36. The number of esters is 1. The average Bonchev–Trinajstić information content (AvgIpc) is 3.10. The molecule has 11 heteroatoms. The van der Waals surface area contributed by atoms with Gasteiger partial charge in [-0.15, -0.1) is 0 Å². The summed E-state index contributed by atoms with van der Waals surface area (Å²) in [7, 11) is 0. The Hall–Kier alpha value is -2.85. The van der Waals surface area contributed by atoms with Gasteiger partial charge in [0.15, 0.2) is 11.5 Å². The molecule has 4 rings (SSSR count). The van der Waals surface area contributed by atoms with E-state index in [0.29, 0.717) is 15.1 Å². The van der Waals surface area contributed by atoms with E-state index in [9.17, 15) is 18.8 Å². The number of thioether (sulfide) groups is 1. The summed E-state index contributed by atoms with van der Waals surface area (Å²) < 4.78 is 25.8. The number of ether oxygens (including phenoxy) is 2. The first-order valence-corrected chi connectivity index (χ1v) is 13.2. The fraction of sp³-hybridized carbons (Fsp3) is 0.115. The van der Waals surface area contributed by atoms with E-state index < -0.39 is 22.9 Å². The second kappa shape index (κ2) is 11.7. The van der Waals surface area contributed by atoms with Crippen molar-refractivity contribution in [3.63, 3.8) is 0 Å². The third-order valence-corrected chi connectivity index (χ3v) is 7.22. The molecule has 0 bridgehead atoms. The number of hydrogen-bond donors (Lipinski definition) is 0. The van der Waals surface area contributed by atoms with Crippen LogP contribution < -0.4 is 9.47 Å². The van der Waals surface area contributed by atoms with Gasteiger partial charge in [0.25, 0.3) is 11.1 Å². The van der Waals surface area contributed by atoms with Gasteiger partial charge >= 0.3 is 5.97 Å². The van der Waals surface area contributed by atoms with Crippen LogP contribution in [0, 0.1) is 5.82 Å². The minimum atomic E-state index is -0.634. The van der Waals surface area contributed by atoms with E-state index in [1.807, 2.05) is 0 Å². The molecule has 3 aromatic carbocycles. The van der Waals surface area contributed by atoms with Crippen molar-refractivity contribution in [2.45, 2.75) is 13.5 Å². The predicted octanol–water partition coefficient (Wildman–Crippen LogP) is 7.75. The van der Waals surface area contributed by atoms with Gasteiger partial charge in [0, 0.05) is 15.6 Å². The van der Waals surface area contributed by atoms with Gasteiger partial charge in [-0.2, -0.15) is 0 Å². The van der Waals surface area contributed by atoms with Gasteiger partial charge in [-0.1, -0.05) is 35.3 Å². The number of nitrogens with zero attached hydrogens (tertiary/aromatic N) is 1. The highest BCUT2D eigenvalue weighted by atomic mass is 79.9. The summed E-state index contributed by atoms with van der Waals surface area (Å²) in [6, 6.07) is 13.7. The molecule has 6 nitrogen and oxygen atoms in total. The smallest absolute Gasteiger partial charge is 0.343 e. The molecule has 0 N–H and O–H groups in total. The fourth-order valence-corrected chi connectivity index (χ4v) is 5.22. The SMILES string of the molecule is CCOc1cc(/C=C2\SC(=O)N(Cc3c(F)cccc3Cl)C2=O)cc(Br)c1OC(=O)c1cccc(Cl)c1. The maximum atomic E-state index is 14.2. The molecule has 1 fully saturated rings. The Morgan fingerprint density at radius 3 is 2.59 bits per heavy atom. The monoisotopic (exact) mass is 623 g/mol. The summed E-state index contributed by atoms with van der Waals surface area (Å²) in [5.74, 6) is -1.43. The van der Waals surface area contributed by atoms with E-state index in [1.165, 1.54) is 30.3 Å². The summed E-state index contributed by atoms with van der Waals surface area (Å²) >= 11 is 16.1. The van der Waals surface area contributed by atoms with Crippen LogP contribution in [0.4, 0.5) is 9.18 Å². The van der Waals surface area contributed by atoms with Crippen molar-refractivity contribution in [1.82, 2.24) is 4.90 Å². The lowest BCUT2D eigenvalue weighted by Crippen LogP contribution is -2.28. The number of halogens is 4. The van der Waals surface area contributed by atoms with Crippen LogP contribution in [0.15, 0.2) is 64.0 Å². The van der Waals surface area contributed by atoms with E-state index in [-0.39, 0.29) is 45.7 Å². The Balaban J connectivity index is 1.60. The molecule has 37 heavy (non-hydrogen) atoms. The Labute approximate surface area is 234 Å². The molecule has 0 atom stereocenters. The number of benzene rings is 3. The number of imide groups is 1. The number of rotatable bonds is 7. The number of hydrogen-bond acceptors (Lipinski definition) is 6. The lowest BCUT2D eigenvalue weighted by atomic mass is 10.1. The molecule has 1 aliphatic heterocycles. The zero-order valence-electron chi connectivity index (χ0n) is 19.1. The van der Waals surface area contributed by atoms with Gasteiger partial charge < -0.3 is 9.47 Å². The number of carbonyl (C=O) groups excluding carboxylic acids is 3. The number of carbonyl (C=O) groups is 3. The third-order valence-electron chi connectivity index (χ3n) is 5.14. The summed E-state index contributed by atoms with van der Waals surface area (Å²) in [6.07, 6.45) is 1.50. The topological polar surface area (TPSA) is 72.9 Å². The predicted molar refractivity (Wildman–Crippen MR) is 145 cm³/mol. The second-order valence-corrected chi connectivity index (χ2v) is 10.3. The molecule has 1 heterocycles. The average molecular weight is 625 g/mol. The lowest BCUT2D eigenvalue weighted by Gasteiger charge is -2.14. The van der Waals surface area contributed by atoms with Gasteiger partial charge in [-0.05, 0) is 88.7 Å². The standard InChI is InChI=1S/C26H17BrCl2FNO5S/c1-2-35-21-10-14(9-18(27)23(21)36-25(33)15-5-3-6-16(28)12-15)11-22-24(32)31(26(34)37-22)13-17-19(29)7-4-8-20(17)30/h3-12H,2,13H2,1H3/b22-11-. The Kier molecular flexibility index (Phi) is 8.59. The van der Waals surface area contributed by atoms with Crippen molar-refractivity contribution in [2.75, 3.05) is 6.61 Å². The van der Waals surface area contributed by atoms with Crippen LogP contribution in [0.1, 0.15) is 28.4 Å². The van der Waals surface area contributed by atoms with Crippen molar-refractivity contribution >= 4 is 74.1 Å². The highest BCUT2D eigenvalue weighted by molar-refractivity contribution is 9.10. The van der Waals surface area contributed by atoms with Crippen molar-refractivity contribution in [1.29, 1.82) is 0 Å². The van der Waals surface area contributed by atoms with Crippen molar-refractivity contribution < 1.29 is 28.2 Å². The van der Waals surface area contributed by atoms with Gasteiger partial charge in [0.1, 0.15) is 5.82 Å². The summed E-state index contributed by atoms with van der Waals surface area (Å²) in [6.45, 7) is 1.75. The van der Waals surface area contributed by atoms with Gasteiger partial charge in [-0.25, -0.2) is 9.18 Å². The fourth-order valence-electron chi connectivity index (χ4n) is 3.43. The first-order valence-electron chi connectivity index (χ1n) is 10.8. The first-order chi connectivity index (χ1) is 17.7. The van der Waals surface area contributed by atoms with E-state index in [2.05, 4.69) is 15.9 Å². The number of amides is 2. The summed E-state index contributed by atoms with van der Waals surface area (Å²) in [4.78, 5) is 39.2. The van der Waals surface area contributed by atoms with Crippen LogP contribution in [-0.4, -0.2) is 28.6 Å². The molecular formula is C26H17BrCl2FNO5S. The molecular weight excluding hydrogens is 608 g/mol. The molecule has 1 aliphatic rings. The second-order valence-electron chi connectivity index (χ2n) is 7.63. The van der Waals surface area contributed by atoms with E-state index in [1.54, 1.807) is 37.3 Å². The molecule has 0 unspecified atom stereocenters. The van der Waals surface area contributed by atoms with Gasteiger partial charge in [0.05, 0.1) is 28.1 Å². The minimum Gasteiger partial charge on any atom is -0.490 e. The van der Waals surface area contributed by atoms with Crippen LogP contribution >= 0.6 is 50.9 Å². The van der Waals surface area contributed by atoms with Crippen LogP contribution in [-0.2, 0) is 11.3 Å². The van der Waals surface area contributed by atoms with Crippen LogP contribution in [0.5, 0.6) is 11.5 Å². The molecule has 2 amide bonds. The molecule has 1 saturated heterocycles. The molecule has 0 spiro atoms. The Bertz CT molecular complexity index is 1430. The molecule has 0 aliphatic carbocycles. The maximum Gasteiger partial charge on any atom is 0.343 e. The zero-order valence-corrected chi connectivity index (χ0v) is 23.0. The van der Waals surface area contributed by atoms with E-state index in [4.69, 9.17) is 32.7 Å². The summed E-state index contributed by atoms with van der Waals surface area (Å²) in [5, 5.41) is -0.0388. The van der Waals surface area contributed by atoms with Crippen molar-refractivity contribution in [3.8, 4) is 11.5 Å². The quantitative estimate of drug-likeness (QED) is 0.152. The van der Waals surface area contributed by atoms with E-state index in [0.717, 1.165) is 16.7 Å². The van der Waals surface area contributed by atoms with Gasteiger partial charge in [-0.3, -0.25) is 14.5 Å². The van der Waals surface area contributed by atoms with Gasteiger partial charge in [0.2, 0.25) is 0 Å². The van der Waals surface area contributed by atoms with Crippen molar-refractivity contribution in [3.05, 3.63) is 96.5 Å². The molecule has 0 radical (unpaired) electrons. The molecule has 3 aromatic rings. The minimum absolute atomic E-state index is 0.0555. The van der Waals surface area contributed by atoms with Crippen LogP contribution in [0.25, 0.3) is 6.08 Å². The third kappa shape index (κ3) is 6.18. The largest absolute Gasteiger partial charge is 0.490 e. The first kappa shape index (κ1) is 27.2. The summed E-state index contributed by atoms with van der Waals surface area (Å²) in [5.41, 5.74) is 0.821. The zero-order chi connectivity index (χ0) is 26.7. The molecule has 190 valence electrons. The lowest BCUT2D eigenvalue weighted by molar-refractivity contribution is -0.123. The molecule has 0 aromatic heterocycles. The van der Waals surface area contributed by atoms with Crippen molar-refractivity contribution in [2.24, 2.45) is 0 Å². The Morgan fingerprint density at radius 2 is 1.89 bits per heavy atom. The molecule has 0 saturated carbocycles.